The summed E-state index contributed by atoms with van der Waals surface area (Å²) in [4.78, 5) is 40.0. The first-order chi connectivity index (χ1) is 19.2. The highest BCUT2D eigenvalue weighted by Crippen LogP contribution is 2.42. The number of nitrogens with one attached hydrogen (secondary N) is 1. The maximum absolute atomic E-state index is 13.0. The van der Waals surface area contributed by atoms with E-state index in [4.69, 9.17) is 28.4 Å². The molecule has 12 heteroatoms. The van der Waals surface area contributed by atoms with Crippen LogP contribution in [0.25, 0.3) is 0 Å². The molecule has 0 radical (unpaired) electrons. The summed E-state index contributed by atoms with van der Waals surface area (Å²) >= 11 is 1.23. The molecule has 0 aliphatic carbocycles. The molecule has 222 valence electrons. The molecule has 2 amide bonds. The summed E-state index contributed by atoms with van der Waals surface area (Å²) in [5.41, 5.74) is 0.955. The van der Waals surface area contributed by atoms with Crippen LogP contribution in [-0.2, 0) is 35.0 Å². The Morgan fingerprint density at radius 1 is 1.07 bits per heavy atom. The van der Waals surface area contributed by atoms with Crippen LogP contribution in [0.2, 0.25) is 0 Å². The largest absolute Gasteiger partial charge is 0.497 e. The molecule has 40 heavy (non-hydrogen) atoms. The average Bonchev–Trinajstić information content (AvgIpc) is 3.32. The van der Waals surface area contributed by atoms with E-state index in [0.29, 0.717) is 44.6 Å². The number of hydrogen-bond donors (Lipinski definition) is 1. The van der Waals surface area contributed by atoms with Gasteiger partial charge >= 0.3 is 12.1 Å². The highest BCUT2D eigenvalue weighted by molar-refractivity contribution is 8.13. The van der Waals surface area contributed by atoms with Crippen LogP contribution in [-0.4, -0.2) is 92.1 Å². The second-order valence-corrected chi connectivity index (χ2v) is 11.6. The number of nitrogens with zero attached hydrogens (tertiary/aromatic N) is 1. The summed E-state index contributed by atoms with van der Waals surface area (Å²) in [6.45, 7) is 4.67. The molecular formula is C28H40N2O9S. The van der Waals surface area contributed by atoms with Crippen molar-refractivity contribution >= 4 is 29.1 Å². The molecule has 3 heterocycles. The predicted molar refractivity (Wildman–Crippen MR) is 147 cm³/mol. The first kappa shape index (κ1) is 30.4. The van der Waals surface area contributed by atoms with Crippen molar-refractivity contribution < 1.29 is 42.8 Å². The number of rotatable bonds is 6. The van der Waals surface area contributed by atoms with Gasteiger partial charge in [-0.1, -0.05) is 37.7 Å². The molecule has 3 aliphatic rings. The molecule has 1 unspecified atom stereocenters. The second-order valence-electron chi connectivity index (χ2n) is 10.6. The Kier molecular flexibility index (Phi) is 10.6. The van der Waals surface area contributed by atoms with Crippen molar-refractivity contribution in [3.63, 3.8) is 0 Å². The maximum atomic E-state index is 13.0. The smallest absolute Gasteiger partial charge is 0.407 e. The van der Waals surface area contributed by atoms with E-state index >= 15 is 0 Å². The number of benzene rings is 1. The average molecular weight is 581 g/mol. The SMILES string of the molecule is COc1ccc(CN2C(=O)SC[C@H]2[C@@]2(OC)C[C@H]3C[C@@H](COC(=O)C(C(C)C)NC(=O)OCCCCO3)O2)cc1. The molecule has 1 aromatic rings. The van der Waals surface area contributed by atoms with E-state index in [9.17, 15) is 14.4 Å². The minimum Gasteiger partial charge on any atom is -0.497 e. The van der Waals surface area contributed by atoms with Gasteiger partial charge in [0.1, 0.15) is 18.4 Å². The zero-order chi connectivity index (χ0) is 28.7. The van der Waals surface area contributed by atoms with Crippen LogP contribution >= 0.6 is 11.8 Å². The first-order valence-corrected chi connectivity index (χ1v) is 14.7. The van der Waals surface area contributed by atoms with Gasteiger partial charge < -0.3 is 38.6 Å². The van der Waals surface area contributed by atoms with Crippen molar-refractivity contribution in [1.82, 2.24) is 10.2 Å². The number of alkyl carbamates (subject to hydrolysis) is 1. The number of thioether (sulfide) groups is 1. The van der Waals surface area contributed by atoms with Crippen LogP contribution < -0.4 is 10.1 Å². The monoisotopic (exact) mass is 580 g/mol. The van der Waals surface area contributed by atoms with Gasteiger partial charge in [0.05, 0.1) is 32.0 Å². The van der Waals surface area contributed by atoms with Gasteiger partial charge in [-0.3, -0.25) is 4.79 Å². The van der Waals surface area contributed by atoms with Crippen LogP contribution in [0, 0.1) is 5.92 Å². The van der Waals surface area contributed by atoms with Crippen molar-refractivity contribution in [2.45, 2.75) is 76.2 Å². The van der Waals surface area contributed by atoms with Crippen LogP contribution in [0.3, 0.4) is 0 Å². The lowest BCUT2D eigenvalue weighted by atomic mass is 9.92. The van der Waals surface area contributed by atoms with Crippen LogP contribution in [0.4, 0.5) is 9.59 Å². The highest BCUT2D eigenvalue weighted by Gasteiger charge is 2.54. The molecule has 2 bridgehead atoms. The van der Waals surface area contributed by atoms with Gasteiger partial charge in [0.15, 0.2) is 5.79 Å². The van der Waals surface area contributed by atoms with E-state index in [-0.39, 0.29) is 36.5 Å². The van der Waals surface area contributed by atoms with Gasteiger partial charge in [0, 0.05) is 38.9 Å². The molecular weight excluding hydrogens is 540 g/mol. The number of ether oxygens (including phenoxy) is 6. The van der Waals surface area contributed by atoms with Crippen molar-refractivity contribution in [2.24, 2.45) is 5.92 Å². The molecule has 1 N–H and O–H groups in total. The van der Waals surface area contributed by atoms with Crippen molar-refractivity contribution in [2.75, 3.05) is 39.8 Å². The lowest BCUT2D eigenvalue weighted by molar-refractivity contribution is -0.311. The number of carbonyl (C=O) groups is 3. The van der Waals surface area contributed by atoms with Crippen molar-refractivity contribution in [3.05, 3.63) is 29.8 Å². The summed E-state index contributed by atoms with van der Waals surface area (Å²) in [6, 6.07) is 6.35. The van der Waals surface area contributed by atoms with Crippen LogP contribution in [0.1, 0.15) is 45.1 Å². The lowest BCUT2D eigenvalue weighted by Gasteiger charge is -2.48. The zero-order valence-corrected chi connectivity index (χ0v) is 24.4. The standard InChI is InChI=1S/C28H40N2O9S/c1-18(2)24-25(31)38-16-22-13-21(36-11-5-6-12-37-26(32)29-24)14-28(35-4,39-22)23-17-40-27(33)30(23)15-19-7-9-20(34-3)10-8-19/h7-10,18,21-24H,5-6,11-17H2,1-4H3,(H,29,32)/t21-,22+,23+,24?,28-/m1/s1. The summed E-state index contributed by atoms with van der Waals surface area (Å²) in [5, 5.41) is 2.56. The van der Waals surface area contributed by atoms with Gasteiger partial charge in [-0.15, -0.1) is 0 Å². The summed E-state index contributed by atoms with van der Waals surface area (Å²) < 4.78 is 35.0. The number of methoxy groups -OCH3 is 2. The normalized spacial score (nSPS) is 30.6. The van der Waals surface area contributed by atoms with Gasteiger partial charge in [0.25, 0.3) is 5.24 Å². The van der Waals surface area contributed by atoms with Crippen molar-refractivity contribution in [1.29, 1.82) is 0 Å². The minimum absolute atomic E-state index is 0.0456. The van der Waals surface area contributed by atoms with E-state index < -0.39 is 30.0 Å². The minimum atomic E-state index is -1.16. The van der Waals surface area contributed by atoms with E-state index in [1.807, 2.05) is 38.1 Å². The first-order valence-electron chi connectivity index (χ1n) is 13.8. The highest BCUT2D eigenvalue weighted by atomic mass is 32.2. The van der Waals surface area contributed by atoms with E-state index in [1.165, 1.54) is 11.8 Å². The van der Waals surface area contributed by atoms with Gasteiger partial charge in [0.2, 0.25) is 0 Å². The fourth-order valence-electron chi connectivity index (χ4n) is 5.25. The Morgan fingerprint density at radius 2 is 1.82 bits per heavy atom. The van der Waals surface area contributed by atoms with Gasteiger partial charge in [-0.2, -0.15) is 0 Å². The maximum Gasteiger partial charge on any atom is 0.407 e. The second kappa shape index (κ2) is 13.9. The molecule has 5 atom stereocenters. The van der Waals surface area contributed by atoms with Crippen molar-refractivity contribution in [3.8, 4) is 5.75 Å². The lowest BCUT2D eigenvalue weighted by Crippen LogP contribution is -2.61. The Balaban J connectivity index is 1.55. The number of hydrogen-bond acceptors (Lipinski definition) is 10. The third kappa shape index (κ3) is 7.39. The van der Waals surface area contributed by atoms with E-state index in [1.54, 1.807) is 19.1 Å². The molecule has 3 saturated heterocycles. The topological polar surface area (TPSA) is 122 Å². The van der Waals surface area contributed by atoms with E-state index in [0.717, 1.165) is 11.3 Å². The zero-order valence-electron chi connectivity index (χ0n) is 23.6. The quantitative estimate of drug-likeness (QED) is 0.498. The number of esters is 1. The number of cyclic esters (lactones) is 2. The van der Waals surface area contributed by atoms with Gasteiger partial charge in [-0.05, 0) is 36.5 Å². The number of fused-ring (bicyclic) bond motifs is 2. The van der Waals surface area contributed by atoms with Crippen LogP contribution in [0.15, 0.2) is 24.3 Å². The third-order valence-corrected chi connectivity index (χ3v) is 8.44. The Labute approximate surface area is 239 Å². The molecule has 0 aromatic heterocycles. The number of carbonyl (C=O) groups excluding carboxylic acids is 3. The fourth-order valence-corrected chi connectivity index (χ4v) is 6.34. The van der Waals surface area contributed by atoms with E-state index in [2.05, 4.69) is 5.32 Å². The van der Waals surface area contributed by atoms with Crippen LogP contribution in [0.5, 0.6) is 5.75 Å². The molecule has 3 fully saturated rings. The Bertz CT molecular complexity index is 1020. The Morgan fingerprint density at radius 3 is 2.52 bits per heavy atom. The summed E-state index contributed by atoms with van der Waals surface area (Å²) in [7, 11) is 3.19. The molecule has 0 saturated carbocycles. The third-order valence-electron chi connectivity index (χ3n) is 7.48. The number of amides is 2. The molecule has 3 aliphatic heterocycles. The fraction of sp³-hybridized carbons (Fsp3) is 0.679. The predicted octanol–water partition coefficient (Wildman–Crippen LogP) is 3.73. The summed E-state index contributed by atoms with van der Waals surface area (Å²) in [6.07, 6.45) is 0.801. The molecule has 4 rings (SSSR count). The Hall–Kier alpha value is -2.54. The molecule has 0 spiro atoms. The summed E-state index contributed by atoms with van der Waals surface area (Å²) in [5.74, 6) is -0.700. The molecule has 11 nitrogen and oxygen atoms in total. The van der Waals surface area contributed by atoms with Gasteiger partial charge in [-0.25, -0.2) is 9.59 Å². The molecule has 1 aromatic carbocycles.